The van der Waals surface area contributed by atoms with E-state index >= 15 is 0 Å². The van der Waals surface area contributed by atoms with E-state index in [4.69, 9.17) is 4.74 Å². The van der Waals surface area contributed by atoms with Crippen molar-refractivity contribution < 1.29 is 47.1 Å². The second kappa shape index (κ2) is 17.4. The molecule has 0 bridgehead atoms. The maximum atomic E-state index is 14.2. The lowest BCUT2D eigenvalue weighted by atomic mass is 10.0. The summed E-state index contributed by atoms with van der Waals surface area (Å²) in [5.41, 5.74) is 0.0550. The second-order valence-electron chi connectivity index (χ2n) is 13.1. The Labute approximate surface area is 295 Å². The Morgan fingerprint density at radius 3 is 2.22 bits per heavy atom. The van der Waals surface area contributed by atoms with Gasteiger partial charge in [0.15, 0.2) is 0 Å². The molecule has 1 aromatic carbocycles. The predicted molar refractivity (Wildman–Crippen MR) is 178 cm³/mol. The van der Waals surface area contributed by atoms with Crippen LogP contribution in [-0.4, -0.2) is 119 Å². The summed E-state index contributed by atoms with van der Waals surface area (Å²) in [4.78, 5) is 98.1. The van der Waals surface area contributed by atoms with Crippen molar-refractivity contribution in [1.82, 2.24) is 30.7 Å². The first kappa shape index (κ1) is 38.9. The van der Waals surface area contributed by atoms with Crippen LogP contribution in [0.5, 0.6) is 0 Å². The summed E-state index contributed by atoms with van der Waals surface area (Å²) < 4.78 is 33.7. The number of benzene rings is 1. The lowest BCUT2D eigenvalue weighted by Gasteiger charge is -2.34. The molecule has 0 unspecified atom stereocenters. The zero-order valence-corrected chi connectivity index (χ0v) is 29.3. The molecule has 4 rings (SSSR count). The zero-order valence-electron chi connectivity index (χ0n) is 29.3. The van der Waals surface area contributed by atoms with Crippen molar-refractivity contribution in [1.29, 1.82) is 0 Å². The second-order valence-corrected chi connectivity index (χ2v) is 13.1. The maximum absolute atomic E-state index is 14.2. The molecule has 0 saturated carbocycles. The summed E-state index contributed by atoms with van der Waals surface area (Å²) in [5, 5.41) is 7.72. The van der Waals surface area contributed by atoms with Gasteiger partial charge < -0.3 is 35.4 Å². The fourth-order valence-corrected chi connectivity index (χ4v) is 6.50. The molecule has 3 saturated heterocycles. The quantitative estimate of drug-likeness (QED) is 0.261. The van der Waals surface area contributed by atoms with Gasteiger partial charge in [0.2, 0.25) is 35.4 Å². The summed E-state index contributed by atoms with van der Waals surface area (Å²) >= 11 is 0. The minimum Gasteiger partial charge on any atom is -0.461 e. The SMILES string of the molecule is CC/C=C/CC(=O)N[C@@H](Cc1cc(F)cc(F)c1)C(=O)N[C@H]1COC(=O)[C@@H]2CCCN2C(=O)[C@H](C)NC(=O)[C@H](C)N(C)C(=O)[C@@H]2CCCN2C1=O. The number of nitrogens with one attached hydrogen (secondary N) is 3. The number of nitrogens with zero attached hydrogens (tertiary/aromatic N) is 3. The third-order valence-electron chi connectivity index (χ3n) is 9.39. The number of amides is 6. The molecule has 3 heterocycles. The van der Waals surface area contributed by atoms with Crippen molar-refractivity contribution in [3.63, 3.8) is 0 Å². The van der Waals surface area contributed by atoms with Crippen LogP contribution < -0.4 is 16.0 Å². The zero-order chi connectivity index (χ0) is 37.4. The van der Waals surface area contributed by atoms with E-state index in [0.29, 0.717) is 25.3 Å². The monoisotopic (exact) mass is 716 g/mol. The molecule has 0 aliphatic carbocycles. The van der Waals surface area contributed by atoms with Gasteiger partial charge in [-0.3, -0.25) is 28.8 Å². The molecule has 3 aliphatic heterocycles. The molecule has 0 radical (unpaired) electrons. The van der Waals surface area contributed by atoms with Crippen LogP contribution in [0.4, 0.5) is 8.78 Å². The number of carbonyl (C=O) groups is 7. The summed E-state index contributed by atoms with van der Waals surface area (Å²) in [5.74, 6) is -6.53. The highest BCUT2D eigenvalue weighted by Gasteiger charge is 2.43. The Balaban J connectivity index is 1.67. The molecular formula is C35H46F2N6O8. The van der Waals surface area contributed by atoms with Crippen molar-refractivity contribution in [2.45, 2.75) is 102 Å². The molecule has 6 amide bonds. The number of hydrogen-bond donors (Lipinski definition) is 3. The predicted octanol–water partition coefficient (Wildman–Crippen LogP) is 0.724. The number of allylic oxidation sites excluding steroid dienone is 1. The summed E-state index contributed by atoms with van der Waals surface area (Å²) in [7, 11) is 1.42. The number of esters is 1. The lowest BCUT2D eigenvalue weighted by molar-refractivity contribution is -0.158. The molecular weight excluding hydrogens is 670 g/mol. The Bertz CT molecular complexity index is 1540. The Morgan fingerprint density at radius 2 is 1.57 bits per heavy atom. The van der Waals surface area contributed by atoms with E-state index in [2.05, 4.69) is 16.0 Å². The maximum Gasteiger partial charge on any atom is 0.328 e. The fraction of sp³-hybridized carbons (Fsp3) is 0.571. The number of ether oxygens (including phenoxy) is 1. The summed E-state index contributed by atoms with van der Waals surface area (Å²) in [6.45, 7) is 4.51. The third-order valence-corrected chi connectivity index (χ3v) is 9.39. The molecule has 3 aliphatic rings. The molecule has 51 heavy (non-hydrogen) atoms. The molecule has 1 aromatic rings. The highest BCUT2D eigenvalue weighted by Crippen LogP contribution is 2.23. The van der Waals surface area contributed by atoms with Gasteiger partial charge in [0, 0.05) is 39.0 Å². The molecule has 16 heteroatoms. The van der Waals surface area contributed by atoms with Crippen LogP contribution in [0.25, 0.3) is 0 Å². The number of likely N-dealkylation sites (N-methyl/N-ethyl adjacent to an activating group) is 1. The van der Waals surface area contributed by atoms with Crippen molar-refractivity contribution in [2.24, 2.45) is 0 Å². The van der Waals surface area contributed by atoms with Crippen molar-refractivity contribution in [2.75, 3.05) is 26.7 Å². The number of carbonyl (C=O) groups excluding carboxylic acids is 7. The largest absolute Gasteiger partial charge is 0.461 e. The van der Waals surface area contributed by atoms with Gasteiger partial charge in [0.05, 0.1) is 0 Å². The molecule has 0 aromatic heterocycles. The van der Waals surface area contributed by atoms with E-state index in [0.717, 1.165) is 12.1 Å². The van der Waals surface area contributed by atoms with Gasteiger partial charge in [-0.15, -0.1) is 0 Å². The van der Waals surface area contributed by atoms with E-state index in [1.807, 2.05) is 6.92 Å². The summed E-state index contributed by atoms with van der Waals surface area (Å²) in [6.07, 6.45) is 4.99. The van der Waals surface area contributed by atoms with Gasteiger partial charge in [-0.05, 0) is 63.6 Å². The van der Waals surface area contributed by atoms with E-state index < -0.39 is 95.9 Å². The van der Waals surface area contributed by atoms with Crippen LogP contribution in [0.15, 0.2) is 30.4 Å². The molecule has 278 valence electrons. The van der Waals surface area contributed by atoms with E-state index in [1.165, 1.54) is 35.6 Å². The van der Waals surface area contributed by atoms with Crippen molar-refractivity contribution >= 4 is 41.4 Å². The highest BCUT2D eigenvalue weighted by molar-refractivity contribution is 5.97. The minimum absolute atomic E-state index is 0.0550. The number of hydrogen-bond acceptors (Lipinski definition) is 8. The van der Waals surface area contributed by atoms with Gasteiger partial charge >= 0.3 is 5.97 Å². The first-order valence-electron chi connectivity index (χ1n) is 17.3. The van der Waals surface area contributed by atoms with Crippen LogP contribution in [0, 0.1) is 11.6 Å². The van der Waals surface area contributed by atoms with E-state index in [1.54, 1.807) is 12.2 Å². The average molecular weight is 717 g/mol. The van der Waals surface area contributed by atoms with Crippen molar-refractivity contribution in [3.05, 3.63) is 47.5 Å². The number of rotatable bonds is 8. The number of halogens is 2. The van der Waals surface area contributed by atoms with Crippen LogP contribution in [0.2, 0.25) is 0 Å². The van der Waals surface area contributed by atoms with E-state index in [-0.39, 0.29) is 44.3 Å². The number of fused-ring (bicyclic) bond motifs is 2. The topological polar surface area (TPSA) is 175 Å². The molecule has 3 fully saturated rings. The standard InChI is InChI=1S/C35H46F2N6O8/c1-5-6-7-12-29(44)39-25(17-22-15-23(36)18-24(37)16-22)31(46)40-26-19-51-35(50)28-11-9-14-43(28)32(47)20(2)38-30(45)21(3)41(4)34(49)27-10-8-13-42(27)33(26)48/h6-7,15-16,18,20-21,25-28H,5,8-14,17,19H2,1-4H3,(H,38,45)(H,39,44)(H,40,46)/b7-6+/t20-,21-,25-,26-,27-,28-/m0/s1. The average Bonchev–Trinajstić information content (AvgIpc) is 3.78. The van der Waals surface area contributed by atoms with Gasteiger partial charge in [0.25, 0.3) is 0 Å². The molecule has 3 N–H and O–H groups in total. The Morgan fingerprint density at radius 1 is 0.941 bits per heavy atom. The van der Waals surface area contributed by atoms with Crippen molar-refractivity contribution in [3.8, 4) is 0 Å². The van der Waals surface area contributed by atoms with Crippen LogP contribution in [-0.2, 0) is 44.7 Å². The Kier molecular flexibility index (Phi) is 13.2. The van der Waals surface area contributed by atoms with Gasteiger partial charge in [-0.2, -0.15) is 0 Å². The molecule has 0 spiro atoms. The molecule has 6 atom stereocenters. The minimum atomic E-state index is -1.55. The smallest absolute Gasteiger partial charge is 0.328 e. The van der Waals surface area contributed by atoms with Gasteiger partial charge in [-0.1, -0.05) is 19.1 Å². The first-order chi connectivity index (χ1) is 24.2. The van der Waals surface area contributed by atoms with Crippen LogP contribution in [0.1, 0.15) is 64.9 Å². The first-order valence-corrected chi connectivity index (χ1v) is 17.3. The van der Waals surface area contributed by atoms with Crippen LogP contribution >= 0.6 is 0 Å². The lowest BCUT2D eigenvalue weighted by Crippen LogP contribution is -2.60. The third kappa shape index (κ3) is 9.67. The fourth-order valence-electron chi connectivity index (χ4n) is 6.50. The van der Waals surface area contributed by atoms with Crippen LogP contribution in [0.3, 0.4) is 0 Å². The highest BCUT2D eigenvalue weighted by atomic mass is 19.1. The summed E-state index contributed by atoms with van der Waals surface area (Å²) in [6, 6.07) is -4.33. The Hall–Kier alpha value is -4.89. The van der Waals surface area contributed by atoms with Gasteiger partial charge in [0.1, 0.15) is 54.5 Å². The molecule has 14 nitrogen and oxygen atoms in total. The normalized spacial score (nSPS) is 25.7. The van der Waals surface area contributed by atoms with E-state index in [9.17, 15) is 42.3 Å². The van der Waals surface area contributed by atoms with Gasteiger partial charge in [-0.25, -0.2) is 13.6 Å². The number of cyclic esters (lactones) is 1.